The highest BCUT2D eigenvalue weighted by atomic mass is 32.2. The zero-order valence-electron chi connectivity index (χ0n) is 18.3. The normalized spacial score (nSPS) is 11.3. The van der Waals surface area contributed by atoms with Crippen LogP contribution in [0.2, 0.25) is 0 Å². The number of aromatic nitrogens is 2. The van der Waals surface area contributed by atoms with Crippen LogP contribution < -0.4 is 0 Å². The minimum Gasteiger partial charge on any atom is -0.461 e. The number of rotatable bonds is 6. The quantitative estimate of drug-likeness (QED) is 0.318. The number of nitriles is 1. The van der Waals surface area contributed by atoms with Crippen molar-refractivity contribution in [3.63, 3.8) is 0 Å². The summed E-state index contributed by atoms with van der Waals surface area (Å²) in [6.07, 6.45) is -4.71. The molecule has 3 rings (SSSR count). The van der Waals surface area contributed by atoms with E-state index in [0.717, 1.165) is 29.0 Å². The fourth-order valence-corrected chi connectivity index (χ4v) is 4.16. The number of pyridine rings is 1. The minimum atomic E-state index is -4.71. The number of esters is 1. The van der Waals surface area contributed by atoms with Gasteiger partial charge in [0.25, 0.3) is 0 Å². The molecule has 0 spiro atoms. The first-order valence-electron chi connectivity index (χ1n) is 9.91. The lowest BCUT2D eigenvalue weighted by atomic mass is 9.97. The summed E-state index contributed by atoms with van der Waals surface area (Å²) >= 11 is 0.898. The van der Waals surface area contributed by atoms with Gasteiger partial charge in [-0.15, -0.1) is 11.8 Å². The first-order valence-corrected chi connectivity index (χ1v) is 10.9. The maximum Gasteiger partial charge on any atom is 0.433 e. The number of halogens is 3. The van der Waals surface area contributed by atoms with Crippen molar-refractivity contribution < 1.29 is 27.2 Å². The molecule has 2 heterocycles. The number of alkyl halides is 3. The zero-order valence-corrected chi connectivity index (χ0v) is 19.1. The predicted octanol–water partition coefficient (Wildman–Crippen LogP) is 6.02. The summed E-state index contributed by atoms with van der Waals surface area (Å²) in [4.78, 5) is 15.9. The second-order valence-corrected chi connectivity index (χ2v) is 8.18. The Kier molecular flexibility index (Phi) is 7.12. The van der Waals surface area contributed by atoms with Crippen LogP contribution in [0, 0.1) is 32.1 Å². The van der Waals surface area contributed by atoms with E-state index in [1.807, 2.05) is 19.9 Å². The van der Waals surface area contributed by atoms with E-state index >= 15 is 0 Å². The number of benzene rings is 1. The molecule has 6 nitrogen and oxygen atoms in total. The van der Waals surface area contributed by atoms with Crippen LogP contribution in [-0.4, -0.2) is 22.7 Å². The van der Waals surface area contributed by atoms with Crippen LogP contribution >= 0.6 is 11.8 Å². The van der Waals surface area contributed by atoms with Gasteiger partial charge in [0.15, 0.2) is 5.69 Å². The maximum atomic E-state index is 13.6. The molecule has 0 amide bonds. The first kappa shape index (κ1) is 24.3. The highest BCUT2D eigenvalue weighted by Gasteiger charge is 2.35. The van der Waals surface area contributed by atoms with Crippen molar-refractivity contribution >= 4 is 17.7 Å². The molecule has 2 aromatic heterocycles. The smallest absolute Gasteiger partial charge is 0.433 e. The first-order chi connectivity index (χ1) is 15.6. The Morgan fingerprint density at radius 2 is 1.94 bits per heavy atom. The van der Waals surface area contributed by atoms with Crippen LogP contribution in [0.5, 0.6) is 0 Å². The molecule has 0 unspecified atom stereocenters. The summed E-state index contributed by atoms with van der Waals surface area (Å²) in [5.41, 5.74) is 1.71. The topological polar surface area (TPSA) is 89.0 Å². The Morgan fingerprint density at radius 3 is 2.55 bits per heavy atom. The summed E-state index contributed by atoms with van der Waals surface area (Å²) in [6.45, 7) is 7.08. The summed E-state index contributed by atoms with van der Waals surface area (Å²) in [7, 11) is 0. The molecule has 0 saturated carbocycles. The lowest BCUT2D eigenvalue weighted by Gasteiger charge is -2.14. The van der Waals surface area contributed by atoms with Gasteiger partial charge in [-0.25, -0.2) is 9.78 Å². The van der Waals surface area contributed by atoms with Crippen molar-refractivity contribution in [3.05, 3.63) is 63.7 Å². The molecule has 0 saturated heterocycles. The van der Waals surface area contributed by atoms with Crippen LogP contribution in [0.4, 0.5) is 13.2 Å². The van der Waals surface area contributed by atoms with E-state index in [-0.39, 0.29) is 34.2 Å². The maximum absolute atomic E-state index is 13.6. The number of thioether (sulfide) groups is 1. The van der Waals surface area contributed by atoms with Gasteiger partial charge in [-0.2, -0.15) is 18.4 Å². The molecule has 3 aromatic rings. The third kappa shape index (κ3) is 5.20. The van der Waals surface area contributed by atoms with E-state index in [2.05, 4.69) is 10.1 Å². The van der Waals surface area contributed by atoms with E-state index in [0.29, 0.717) is 16.9 Å². The number of carbonyl (C=O) groups is 1. The number of carbonyl (C=O) groups excluding carboxylic acids is 1. The predicted molar refractivity (Wildman–Crippen MR) is 116 cm³/mol. The monoisotopic (exact) mass is 475 g/mol. The molecule has 33 heavy (non-hydrogen) atoms. The number of hydrogen-bond donors (Lipinski definition) is 0. The van der Waals surface area contributed by atoms with Crippen LogP contribution in [0.1, 0.15) is 51.1 Å². The van der Waals surface area contributed by atoms with E-state index in [4.69, 9.17) is 9.26 Å². The average Bonchev–Trinajstić information content (AvgIpc) is 3.13. The molecule has 0 N–H and O–H groups in total. The molecule has 0 aliphatic carbocycles. The molecule has 0 atom stereocenters. The van der Waals surface area contributed by atoms with Crippen LogP contribution in [-0.2, 0) is 16.7 Å². The highest BCUT2D eigenvalue weighted by molar-refractivity contribution is 7.98. The third-order valence-corrected chi connectivity index (χ3v) is 6.01. The molecule has 0 aliphatic rings. The van der Waals surface area contributed by atoms with Crippen molar-refractivity contribution in [1.82, 2.24) is 10.1 Å². The molecular weight excluding hydrogens is 455 g/mol. The Hall–Kier alpha value is -3.32. The third-order valence-electron chi connectivity index (χ3n) is 5.01. The Labute approximate surface area is 192 Å². The van der Waals surface area contributed by atoms with E-state index in [1.54, 1.807) is 32.0 Å². The van der Waals surface area contributed by atoms with E-state index in [1.165, 1.54) is 0 Å². The molecule has 0 aliphatic heterocycles. The van der Waals surface area contributed by atoms with Gasteiger partial charge in [0.2, 0.25) is 0 Å². The summed E-state index contributed by atoms with van der Waals surface area (Å²) in [5.74, 6) is -0.359. The molecular formula is C23H20F3N3O3S. The Bertz CT molecular complexity index is 1250. The SMILES string of the molecule is CCOC(=O)c1noc(C)c1CSc1nc(C(F)(F)F)cc(-c2ccc(C)c(C)c2)c1C#N. The standard InChI is InChI=1S/C23H20F3N3O3S/c1-5-31-22(30)20-18(14(4)32-29-20)11-33-21-17(10-27)16(9-19(28-21)23(24,25)26)15-7-6-12(2)13(3)8-15/h6-9H,5,11H2,1-4H3. The minimum absolute atomic E-state index is 0.0127. The van der Waals surface area contributed by atoms with Crippen molar-refractivity contribution in [3.8, 4) is 17.2 Å². The molecule has 10 heteroatoms. The lowest BCUT2D eigenvalue weighted by Crippen LogP contribution is -2.11. The van der Waals surface area contributed by atoms with Crippen LogP contribution in [0.15, 0.2) is 33.8 Å². The van der Waals surface area contributed by atoms with Crippen molar-refractivity contribution in [2.45, 2.75) is 44.7 Å². The van der Waals surface area contributed by atoms with Gasteiger partial charge in [0.05, 0.1) is 12.2 Å². The molecule has 1 aromatic carbocycles. The van der Waals surface area contributed by atoms with E-state index < -0.39 is 17.8 Å². The van der Waals surface area contributed by atoms with Gasteiger partial charge in [-0.1, -0.05) is 23.4 Å². The summed E-state index contributed by atoms with van der Waals surface area (Å²) in [6, 6.07) is 8.09. The van der Waals surface area contributed by atoms with E-state index in [9.17, 15) is 23.2 Å². The largest absolute Gasteiger partial charge is 0.461 e. The summed E-state index contributed by atoms with van der Waals surface area (Å²) in [5, 5.41) is 13.4. The Morgan fingerprint density at radius 1 is 1.21 bits per heavy atom. The van der Waals surface area contributed by atoms with Gasteiger partial charge in [-0.3, -0.25) is 0 Å². The fourth-order valence-electron chi connectivity index (χ4n) is 3.08. The molecule has 0 bridgehead atoms. The number of aryl methyl sites for hydroxylation is 3. The van der Waals surface area contributed by atoms with Crippen molar-refractivity contribution in [1.29, 1.82) is 5.26 Å². The number of hydrogen-bond acceptors (Lipinski definition) is 7. The summed E-state index contributed by atoms with van der Waals surface area (Å²) < 4.78 is 50.9. The van der Waals surface area contributed by atoms with Crippen molar-refractivity contribution in [2.75, 3.05) is 6.61 Å². The van der Waals surface area contributed by atoms with Gasteiger partial charge in [-0.05, 0) is 50.5 Å². The second-order valence-electron chi connectivity index (χ2n) is 7.22. The van der Waals surface area contributed by atoms with Gasteiger partial charge >= 0.3 is 12.1 Å². The fraction of sp³-hybridized carbons (Fsp3) is 0.304. The Balaban J connectivity index is 2.09. The second kappa shape index (κ2) is 9.67. The average molecular weight is 475 g/mol. The number of nitrogens with zero attached hydrogens (tertiary/aromatic N) is 3. The highest BCUT2D eigenvalue weighted by Crippen LogP contribution is 2.38. The zero-order chi connectivity index (χ0) is 24.3. The van der Waals surface area contributed by atoms with Crippen LogP contribution in [0.25, 0.3) is 11.1 Å². The lowest BCUT2D eigenvalue weighted by molar-refractivity contribution is -0.141. The van der Waals surface area contributed by atoms with Gasteiger partial charge < -0.3 is 9.26 Å². The molecule has 172 valence electrons. The van der Waals surface area contributed by atoms with Gasteiger partial charge in [0, 0.05) is 16.9 Å². The van der Waals surface area contributed by atoms with Crippen LogP contribution in [0.3, 0.4) is 0 Å². The molecule has 0 radical (unpaired) electrons. The number of ether oxygens (including phenoxy) is 1. The van der Waals surface area contributed by atoms with Crippen molar-refractivity contribution in [2.24, 2.45) is 0 Å². The molecule has 0 fully saturated rings. The van der Waals surface area contributed by atoms with Gasteiger partial charge in [0.1, 0.15) is 22.5 Å².